The van der Waals surface area contributed by atoms with Gasteiger partial charge in [-0.25, -0.2) is 10.5 Å². The van der Waals surface area contributed by atoms with E-state index in [1.165, 1.54) is 11.3 Å². The van der Waals surface area contributed by atoms with Crippen molar-refractivity contribution in [2.45, 2.75) is 38.5 Å². The standard InChI is InChI=1S/C11H17N3O3S/c15-9(13-11-12-7-8-18-11)5-3-1-2-4-6-10(16)14-17/h7-8,17H,1-6H2,(H,14,16)(H,12,13,15). The first-order valence-corrected chi connectivity index (χ1v) is 6.72. The third-order valence-corrected chi connectivity index (χ3v) is 3.05. The zero-order valence-electron chi connectivity index (χ0n) is 10.0. The van der Waals surface area contributed by atoms with Gasteiger partial charge in [-0.05, 0) is 12.8 Å². The molecule has 0 saturated heterocycles. The van der Waals surface area contributed by atoms with Crippen molar-refractivity contribution in [1.82, 2.24) is 10.5 Å². The van der Waals surface area contributed by atoms with E-state index in [-0.39, 0.29) is 11.8 Å². The van der Waals surface area contributed by atoms with Crippen LogP contribution in [0.1, 0.15) is 38.5 Å². The number of nitrogens with zero attached hydrogens (tertiary/aromatic N) is 1. The van der Waals surface area contributed by atoms with E-state index in [0.29, 0.717) is 18.0 Å². The topological polar surface area (TPSA) is 91.3 Å². The Hall–Kier alpha value is -1.47. The predicted molar refractivity (Wildman–Crippen MR) is 68.4 cm³/mol. The van der Waals surface area contributed by atoms with E-state index in [0.717, 1.165) is 25.7 Å². The lowest BCUT2D eigenvalue weighted by Gasteiger charge is -2.02. The molecule has 3 N–H and O–H groups in total. The van der Waals surface area contributed by atoms with Crippen LogP contribution in [0.5, 0.6) is 0 Å². The molecule has 0 unspecified atom stereocenters. The SMILES string of the molecule is O=C(CCCCCCC(=O)Nc1nccs1)NO. The molecule has 2 amide bonds. The minimum atomic E-state index is -0.364. The first kappa shape index (κ1) is 14.6. The van der Waals surface area contributed by atoms with E-state index < -0.39 is 0 Å². The van der Waals surface area contributed by atoms with Gasteiger partial charge in [-0.15, -0.1) is 11.3 Å². The van der Waals surface area contributed by atoms with E-state index in [9.17, 15) is 9.59 Å². The number of rotatable bonds is 8. The van der Waals surface area contributed by atoms with Crippen molar-refractivity contribution < 1.29 is 14.8 Å². The second-order valence-corrected chi connectivity index (χ2v) is 4.73. The molecule has 6 nitrogen and oxygen atoms in total. The highest BCUT2D eigenvalue weighted by Crippen LogP contribution is 2.12. The molecule has 0 aliphatic rings. The van der Waals surface area contributed by atoms with Crippen molar-refractivity contribution in [2.75, 3.05) is 5.32 Å². The van der Waals surface area contributed by atoms with Gasteiger partial charge in [-0.2, -0.15) is 0 Å². The second-order valence-electron chi connectivity index (χ2n) is 3.83. The quantitative estimate of drug-likeness (QED) is 0.383. The lowest BCUT2D eigenvalue weighted by atomic mass is 10.1. The van der Waals surface area contributed by atoms with Gasteiger partial charge in [-0.3, -0.25) is 14.8 Å². The minimum Gasteiger partial charge on any atom is -0.302 e. The molecule has 0 bridgehead atoms. The Kier molecular flexibility index (Phi) is 6.97. The van der Waals surface area contributed by atoms with Crippen molar-refractivity contribution in [3.63, 3.8) is 0 Å². The third kappa shape index (κ3) is 6.31. The number of hydrogen-bond donors (Lipinski definition) is 3. The summed E-state index contributed by atoms with van der Waals surface area (Å²) in [6.45, 7) is 0. The summed E-state index contributed by atoms with van der Waals surface area (Å²) in [5, 5.41) is 13.4. The summed E-state index contributed by atoms with van der Waals surface area (Å²) >= 11 is 1.39. The molecule has 1 heterocycles. The molecule has 0 aliphatic carbocycles. The normalized spacial score (nSPS) is 10.1. The van der Waals surface area contributed by atoms with Gasteiger partial charge in [0.15, 0.2) is 5.13 Å². The first-order chi connectivity index (χ1) is 8.72. The van der Waals surface area contributed by atoms with E-state index in [4.69, 9.17) is 5.21 Å². The zero-order valence-corrected chi connectivity index (χ0v) is 10.8. The molecule has 0 spiro atoms. The number of anilines is 1. The van der Waals surface area contributed by atoms with Gasteiger partial charge in [0, 0.05) is 24.4 Å². The average molecular weight is 271 g/mol. The van der Waals surface area contributed by atoms with Crippen LogP contribution in [0.4, 0.5) is 5.13 Å². The molecule has 0 aliphatic heterocycles. The number of carbonyl (C=O) groups is 2. The molecule has 0 atom stereocenters. The summed E-state index contributed by atoms with van der Waals surface area (Å²) in [6.07, 6.45) is 5.71. The van der Waals surface area contributed by atoms with Gasteiger partial charge in [0.25, 0.3) is 0 Å². The number of carbonyl (C=O) groups excluding carboxylic acids is 2. The number of hydrogen-bond acceptors (Lipinski definition) is 5. The summed E-state index contributed by atoms with van der Waals surface area (Å²) in [5.41, 5.74) is 1.59. The monoisotopic (exact) mass is 271 g/mol. The lowest BCUT2D eigenvalue weighted by Crippen LogP contribution is -2.17. The van der Waals surface area contributed by atoms with E-state index in [2.05, 4.69) is 10.3 Å². The van der Waals surface area contributed by atoms with Crippen LogP contribution in [0, 0.1) is 0 Å². The Morgan fingerprint density at radius 3 is 2.39 bits per heavy atom. The molecular formula is C11H17N3O3S. The van der Waals surface area contributed by atoms with Crippen LogP contribution in [-0.2, 0) is 9.59 Å². The Bertz CT molecular complexity index is 368. The average Bonchev–Trinajstić information content (AvgIpc) is 2.85. The second kappa shape index (κ2) is 8.60. The number of unbranched alkanes of at least 4 members (excludes halogenated alkanes) is 3. The third-order valence-electron chi connectivity index (χ3n) is 2.36. The Labute approximate surface area is 109 Å². The maximum Gasteiger partial charge on any atom is 0.243 e. The van der Waals surface area contributed by atoms with Crippen molar-refractivity contribution in [3.8, 4) is 0 Å². The fourth-order valence-corrected chi connectivity index (χ4v) is 1.99. The van der Waals surface area contributed by atoms with Crippen LogP contribution in [0.25, 0.3) is 0 Å². The minimum absolute atomic E-state index is 0.0296. The van der Waals surface area contributed by atoms with Gasteiger partial charge in [0.05, 0.1) is 0 Å². The Morgan fingerprint density at radius 2 is 1.83 bits per heavy atom. The fraction of sp³-hybridized carbons (Fsp3) is 0.545. The van der Waals surface area contributed by atoms with E-state index >= 15 is 0 Å². The summed E-state index contributed by atoms with van der Waals surface area (Å²) in [6, 6.07) is 0. The smallest absolute Gasteiger partial charge is 0.243 e. The van der Waals surface area contributed by atoms with Gasteiger partial charge < -0.3 is 5.32 Å². The summed E-state index contributed by atoms with van der Waals surface area (Å²) < 4.78 is 0. The number of nitrogens with one attached hydrogen (secondary N) is 2. The molecule has 1 rings (SSSR count). The van der Waals surface area contributed by atoms with Gasteiger partial charge >= 0.3 is 0 Å². The molecule has 0 radical (unpaired) electrons. The largest absolute Gasteiger partial charge is 0.302 e. The molecule has 0 aromatic carbocycles. The highest BCUT2D eigenvalue weighted by Gasteiger charge is 2.04. The molecule has 7 heteroatoms. The molecule has 0 fully saturated rings. The molecule has 0 saturated carbocycles. The van der Waals surface area contributed by atoms with Crippen LogP contribution < -0.4 is 10.8 Å². The highest BCUT2D eigenvalue weighted by atomic mass is 32.1. The summed E-state index contributed by atoms with van der Waals surface area (Å²) in [4.78, 5) is 26.1. The number of hydroxylamine groups is 1. The van der Waals surface area contributed by atoms with Crippen molar-refractivity contribution >= 4 is 28.3 Å². The fourth-order valence-electron chi connectivity index (χ4n) is 1.45. The number of amides is 2. The maximum absolute atomic E-state index is 11.5. The summed E-state index contributed by atoms with van der Waals surface area (Å²) in [7, 11) is 0. The van der Waals surface area contributed by atoms with Crippen LogP contribution in [0.2, 0.25) is 0 Å². The predicted octanol–water partition coefficient (Wildman–Crippen LogP) is 1.93. The molecular weight excluding hydrogens is 254 g/mol. The van der Waals surface area contributed by atoms with Crippen LogP contribution in [0.15, 0.2) is 11.6 Å². The van der Waals surface area contributed by atoms with Crippen molar-refractivity contribution in [2.24, 2.45) is 0 Å². The van der Waals surface area contributed by atoms with E-state index in [1.807, 2.05) is 5.38 Å². The zero-order chi connectivity index (χ0) is 13.2. The summed E-state index contributed by atoms with van der Waals surface area (Å²) in [5.74, 6) is -0.394. The number of thiazole rings is 1. The van der Waals surface area contributed by atoms with E-state index in [1.54, 1.807) is 11.7 Å². The number of aromatic nitrogens is 1. The Morgan fingerprint density at radius 1 is 1.17 bits per heavy atom. The highest BCUT2D eigenvalue weighted by molar-refractivity contribution is 7.13. The Balaban J connectivity index is 1.97. The van der Waals surface area contributed by atoms with Crippen LogP contribution in [0.3, 0.4) is 0 Å². The van der Waals surface area contributed by atoms with Gasteiger partial charge in [0.2, 0.25) is 11.8 Å². The maximum atomic E-state index is 11.5. The molecule has 18 heavy (non-hydrogen) atoms. The molecule has 100 valence electrons. The van der Waals surface area contributed by atoms with Crippen molar-refractivity contribution in [1.29, 1.82) is 0 Å². The van der Waals surface area contributed by atoms with Gasteiger partial charge in [0.1, 0.15) is 0 Å². The van der Waals surface area contributed by atoms with Crippen LogP contribution >= 0.6 is 11.3 Å². The lowest BCUT2D eigenvalue weighted by molar-refractivity contribution is -0.129. The first-order valence-electron chi connectivity index (χ1n) is 5.84. The van der Waals surface area contributed by atoms with Crippen LogP contribution in [-0.4, -0.2) is 22.0 Å². The van der Waals surface area contributed by atoms with Gasteiger partial charge in [-0.1, -0.05) is 12.8 Å². The van der Waals surface area contributed by atoms with Crippen molar-refractivity contribution in [3.05, 3.63) is 11.6 Å². The molecule has 1 aromatic heterocycles. The molecule has 1 aromatic rings.